The third kappa shape index (κ3) is 3.54. The zero-order valence-electron chi connectivity index (χ0n) is 10.4. The molecule has 0 fully saturated rings. The average Bonchev–Trinajstić information content (AvgIpc) is 2.39. The third-order valence-corrected chi connectivity index (χ3v) is 3.20. The fourth-order valence-electron chi connectivity index (χ4n) is 1.64. The Bertz CT molecular complexity index is 597. The minimum Gasteiger partial charge on any atom is -0.478 e. The van der Waals surface area contributed by atoms with E-state index in [9.17, 15) is 4.79 Å². The lowest BCUT2D eigenvalue weighted by molar-refractivity contribution is 0.0697. The summed E-state index contributed by atoms with van der Waals surface area (Å²) in [6.45, 7) is 2.49. The average molecular weight is 321 g/mol. The molecule has 0 aliphatic carbocycles. The highest BCUT2D eigenvalue weighted by Gasteiger charge is 2.06. The Morgan fingerprint density at radius 1 is 1.37 bits per heavy atom. The van der Waals surface area contributed by atoms with Crippen molar-refractivity contribution in [1.29, 1.82) is 0 Å². The number of pyridine rings is 1. The van der Waals surface area contributed by atoms with Gasteiger partial charge in [0, 0.05) is 16.4 Å². The Labute approximate surface area is 119 Å². The second-order valence-electron chi connectivity index (χ2n) is 4.16. The Morgan fingerprint density at radius 3 is 2.79 bits per heavy atom. The highest BCUT2D eigenvalue weighted by molar-refractivity contribution is 9.10. The smallest absolute Gasteiger partial charge is 0.335 e. The summed E-state index contributed by atoms with van der Waals surface area (Å²) in [6, 6.07) is 8.86. The lowest BCUT2D eigenvalue weighted by atomic mass is 10.1. The summed E-state index contributed by atoms with van der Waals surface area (Å²) in [5.41, 5.74) is 2.98. The molecule has 0 radical (unpaired) electrons. The molecule has 1 aromatic heterocycles. The number of nitrogens with one attached hydrogen (secondary N) is 1. The number of hydrogen-bond donors (Lipinski definition) is 2. The monoisotopic (exact) mass is 320 g/mol. The van der Waals surface area contributed by atoms with Crippen LogP contribution in [0.15, 0.2) is 41.0 Å². The number of benzene rings is 1. The normalized spacial score (nSPS) is 10.2. The summed E-state index contributed by atoms with van der Waals surface area (Å²) in [5.74, 6) is -0.926. The molecule has 98 valence electrons. The molecule has 2 rings (SSSR count). The van der Waals surface area contributed by atoms with E-state index in [2.05, 4.69) is 26.2 Å². The molecular formula is C14H13BrN2O2. The predicted molar refractivity (Wildman–Crippen MR) is 77.4 cm³/mol. The van der Waals surface area contributed by atoms with E-state index in [1.165, 1.54) is 0 Å². The maximum absolute atomic E-state index is 10.9. The van der Waals surface area contributed by atoms with Crippen molar-refractivity contribution in [2.45, 2.75) is 13.5 Å². The third-order valence-electron chi connectivity index (χ3n) is 2.73. The van der Waals surface area contributed by atoms with Crippen LogP contribution in [0.3, 0.4) is 0 Å². The molecule has 0 saturated carbocycles. The van der Waals surface area contributed by atoms with E-state index in [1.807, 2.05) is 19.1 Å². The minimum atomic E-state index is -0.926. The molecule has 0 aliphatic rings. The van der Waals surface area contributed by atoms with Crippen molar-refractivity contribution in [3.63, 3.8) is 0 Å². The number of hydrogen-bond acceptors (Lipinski definition) is 3. The quantitative estimate of drug-likeness (QED) is 0.905. The number of aromatic nitrogens is 1. The van der Waals surface area contributed by atoms with E-state index in [0.29, 0.717) is 6.54 Å². The molecule has 0 amide bonds. The van der Waals surface area contributed by atoms with Crippen LogP contribution >= 0.6 is 15.9 Å². The summed E-state index contributed by atoms with van der Waals surface area (Å²) in [7, 11) is 0. The first-order valence-corrected chi connectivity index (χ1v) is 6.54. The fourth-order valence-corrected chi connectivity index (χ4v) is 1.88. The van der Waals surface area contributed by atoms with Crippen molar-refractivity contribution in [1.82, 2.24) is 4.98 Å². The van der Waals surface area contributed by atoms with E-state index in [4.69, 9.17) is 5.11 Å². The predicted octanol–water partition coefficient (Wildman–Crippen LogP) is 3.46. The van der Waals surface area contributed by atoms with Crippen LogP contribution in [0.25, 0.3) is 0 Å². The number of carboxylic acid groups (broad SMARTS) is 1. The van der Waals surface area contributed by atoms with E-state index < -0.39 is 5.97 Å². The lowest BCUT2D eigenvalue weighted by Crippen LogP contribution is -2.05. The van der Waals surface area contributed by atoms with Crippen molar-refractivity contribution >= 4 is 27.6 Å². The number of rotatable bonds is 4. The van der Waals surface area contributed by atoms with Gasteiger partial charge in [-0.3, -0.25) is 4.98 Å². The Balaban J connectivity index is 2.12. The molecule has 0 unspecified atom stereocenters. The van der Waals surface area contributed by atoms with Gasteiger partial charge < -0.3 is 10.4 Å². The van der Waals surface area contributed by atoms with Gasteiger partial charge in [0.15, 0.2) is 0 Å². The number of aromatic carboxylic acids is 1. The number of anilines is 1. The van der Waals surface area contributed by atoms with Gasteiger partial charge in [-0.25, -0.2) is 4.79 Å². The SMILES string of the molecule is Cc1ccc(C(=O)O)cc1NCc1ccc(Br)cn1. The molecule has 0 saturated heterocycles. The Morgan fingerprint density at radius 2 is 2.16 bits per heavy atom. The maximum Gasteiger partial charge on any atom is 0.335 e. The summed E-state index contributed by atoms with van der Waals surface area (Å²) < 4.78 is 0.931. The van der Waals surface area contributed by atoms with Crippen LogP contribution in [0, 0.1) is 6.92 Å². The topological polar surface area (TPSA) is 62.2 Å². The Hall–Kier alpha value is -1.88. The molecular weight excluding hydrogens is 308 g/mol. The van der Waals surface area contributed by atoms with Gasteiger partial charge in [0.25, 0.3) is 0 Å². The molecule has 1 aromatic carbocycles. The summed E-state index contributed by atoms with van der Waals surface area (Å²) in [5, 5.41) is 12.2. The molecule has 2 N–H and O–H groups in total. The number of nitrogens with zero attached hydrogens (tertiary/aromatic N) is 1. The number of carbonyl (C=O) groups is 1. The second-order valence-corrected chi connectivity index (χ2v) is 5.07. The molecule has 2 aromatic rings. The maximum atomic E-state index is 10.9. The van der Waals surface area contributed by atoms with Crippen molar-refractivity contribution in [2.75, 3.05) is 5.32 Å². The van der Waals surface area contributed by atoms with Crippen LogP contribution < -0.4 is 5.32 Å². The molecule has 4 nitrogen and oxygen atoms in total. The van der Waals surface area contributed by atoms with Crippen LogP contribution in [0.2, 0.25) is 0 Å². The summed E-state index contributed by atoms with van der Waals surface area (Å²) in [4.78, 5) is 15.2. The van der Waals surface area contributed by atoms with Crippen molar-refractivity contribution in [2.24, 2.45) is 0 Å². The van der Waals surface area contributed by atoms with Gasteiger partial charge in [-0.05, 0) is 52.7 Å². The summed E-state index contributed by atoms with van der Waals surface area (Å²) >= 11 is 3.33. The Kier molecular flexibility index (Phi) is 4.16. The van der Waals surface area contributed by atoms with Gasteiger partial charge in [0.1, 0.15) is 0 Å². The molecule has 0 atom stereocenters. The van der Waals surface area contributed by atoms with Gasteiger partial charge in [-0.2, -0.15) is 0 Å². The molecule has 0 spiro atoms. The number of halogens is 1. The zero-order chi connectivity index (χ0) is 13.8. The van der Waals surface area contributed by atoms with Crippen molar-refractivity contribution in [3.05, 3.63) is 57.8 Å². The second kappa shape index (κ2) is 5.84. The van der Waals surface area contributed by atoms with Crippen LogP contribution in [-0.4, -0.2) is 16.1 Å². The molecule has 19 heavy (non-hydrogen) atoms. The standard InChI is InChI=1S/C14H13BrN2O2/c1-9-2-3-10(14(18)19)6-13(9)17-8-12-5-4-11(15)7-16-12/h2-7,17H,8H2,1H3,(H,18,19). The van der Waals surface area contributed by atoms with Gasteiger partial charge in [0.2, 0.25) is 0 Å². The van der Waals surface area contributed by atoms with Crippen molar-refractivity contribution in [3.8, 4) is 0 Å². The van der Waals surface area contributed by atoms with E-state index in [0.717, 1.165) is 21.4 Å². The van der Waals surface area contributed by atoms with Gasteiger partial charge in [-0.15, -0.1) is 0 Å². The van der Waals surface area contributed by atoms with Crippen LogP contribution in [0.1, 0.15) is 21.6 Å². The molecule has 0 aliphatic heterocycles. The van der Waals surface area contributed by atoms with E-state index >= 15 is 0 Å². The first-order chi connectivity index (χ1) is 9.06. The first kappa shape index (κ1) is 13.5. The van der Waals surface area contributed by atoms with Gasteiger partial charge in [0.05, 0.1) is 17.8 Å². The molecule has 1 heterocycles. The zero-order valence-corrected chi connectivity index (χ0v) is 11.9. The minimum absolute atomic E-state index is 0.275. The van der Waals surface area contributed by atoms with Gasteiger partial charge >= 0.3 is 5.97 Å². The highest BCUT2D eigenvalue weighted by Crippen LogP contribution is 2.18. The molecule has 0 bridgehead atoms. The van der Waals surface area contributed by atoms with Crippen LogP contribution in [0.4, 0.5) is 5.69 Å². The number of carboxylic acids is 1. The highest BCUT2D eigenvalue weighted by atomic mass is 79.9. The van der Waals surface area contributed by atoms with Crippen molar-refractivity contribution < 1.29 is 9.90 Å². The number of aryl methyl sites for hydroxylation is 1. The van der Waals surface area contributed by atoms with Gasteiger partial charge in [-0.1, -0.05) is 6.07 Å². The van der Waals surface area contributed by atoms with Crippen LogP contribution in [0.5, 0.6) is 0 Å². The molecule has 5 heteroatoms. The lowest BCUT2D eigenvalue weighted by Gasteiger charge is -2.10. The van der Waals surface area contributed by atoms with Crippen LogP contribution in [-0.2, 0) is 6.54 Å². The van der Waals surface area contributed by atoms with E-state index in [1.54, 1.807) is 24.4 Å². The fraction of sp³-hybridized carbons (Fsp3) is 0.143. The largest absolute Gasteiger partial charge is 0.478 e. The van der Waals surface area contributed by atoms with E-state index in [-0.39, 0.29) is 5.56 Å². The first-order valence-electron chi connectivity index (χ1n) is 5.74. The summed E-state index contributed by atoms with van der Waals surface area (Å²) in [6.07, 6.45) is 1.73.